The highest BCUT2D eigenvalue weighted by Crippen LogP contribution is 2.25. The highest BCUT2D eigenvalue weighted by atomic mass is 35.7. The van der Waals surface area contributed by atoms with Crippen molar-refractivity contribution in [3.63, 3.8) is 0 Å². The molecule has 0 saturated carbocycles. The van der Waals surface area contributed by atoms with Crippen LogP contribution in [0.3, 0.4) is 0 Å². The van der Waals surface area contributed by atoms with Crippen LogP contribution in [0.15, 0.2) is 18.2 Å². The van der Waals surface area contributed by atoms with Crippen LogP contribution < -0.4 is 4.74 Å². The maximum Gasteiger partial charge on any atom is 0.237 e. The second-order valence-electron chi connectivity index (χ2n) is 5.73. The molecule has 7 heteroatoms. The Bertz CT molecular complexity index is 654. The predicted molar refractivity (Wildman–Crippen MR) is 85.8 cm³/mol. The number of hydrogen-bond acceptors (Lipinski definition) is 4. The molecule has 0 radical (unpaired) electrons. The minimum absolute atomic E-state index is 0.0560. The van der Waals surface area contributed by atoms with Gasteiger partial charge in [0.2, 0.25) is 15.0 Å². The van der Waals surface area contributed by atoms with Gasteiger partial charge in [-0.15, -0.1) is 0 Å². The summed E-state index contributed by atoms with van der Waals surface area (Å²) < 4.78 is 28.6. The minimum Gasteiger partial charge on any atom is -0.491 e. The molecule has 0 spiro atoms. The zero-order valence-electron chi connectivity index (χ0n) is 12.9. The molecule has 22 heavy (non-hydrogen) atoms. The van der Waals surface area contributed by atoms with Gasteiger partial charge in [0.1, 0.15) is 17.6 Å². The van der Waals surface area contributed by atoms with E-state index in [2.05, 4.69) is 0 Å². The summed E-state index contributed by atoms with van der Waals surface area (Å²) in [5, 5.41) is -0.829. The molecule has 0 bridgehead atoms. The van der Waals surface area contributed by atoms with Crippen molar-refractivity contribution in [2.24, 2.45) is 0 Å². The first-order valence-corrected chi connectivity index (χ1v) is 9.49. The molecule has 1 aromatic rings. The van der Waals surface area contributed by atoms with E-state index in [1.807, 2.05) is 39.0 Å². The number of hydrogen-bond donors (Lipinski definition) is 0. The van der Waals surface area contributed by atoms with E-state index in [1.165, 1.54) is 4.90 Å². The summed E-state index contributed by atoms with van der Waals surface area (Å²) in [7, 11) is 1.64. The Morgan fingerprint density at radius 1 is 1.36 bits per heavy atom. The van der Waals surface area contributed by atoms with E-state index in [-0.39, 0.29) is 24.9 Å². The summed E-state index contributed by atoms with van der Waals surface area (Å²) in [6.07, 6.45) is -0.0560. The fourth-order valence-electron chi connectivity index (χ4n) is 2.63. The van der Waals surface area contributed by atoms with Crippen LogP contribution in [0.1, 0.15) is 24.5 Å². The predicted octanol–water partition coefficient (Wildman–Crippen LogP) is 2.24. The van der Waals surface area contributed by atoms with Crippen molar-refractivity contribution in [2.75, 3.05) is 13.2 Å². The van der Waals surface area contributed by atoms with E-state index in [4.69, 9.17) is 15.4 Å². The Kier molecular flexibility index (Phi) is 5.02. The van der Waals surface area contributed by atoms with Crippen LogP contribution in [-0.4, -0.2) is 43.7 Å². The van der Waals surface area contributed by atoms with Gasteiger partial charge in [-0.1, -0.05) is 18.2 Å². The smallest absolute Gasteiger partial charge is 0.237 e. The number of nitrogens with zero attached hydrogens (tertiary/aromatic N) is 1. The van der Waals surface area contributed by atoms with Crippen molar-refractivity contribution in [1.29, 1.82) is 0 Å². The standard InChI is InChI=1S/C15H20ClNO4S/c1-10-5-4-6-11(2)15(10)21-9-12(3)17-8-13(7-14(17)18)22(16,19)20/h4-6,12-13H,7-9H2,1-3H3. The average Bonchev–Trinajstić information content (AvgIpc) is 2.80. The number of halogens is 1. The molecule has 1 aliphatic heterocycles. The Morgan fingerprint density at radius 2 is 1.95 bits per heavy atom. The molecule has 5 nitrogen and oxygen atoms in total. The number of benzene rings is 1. The molecule has 1 fully saturated rings. The first kappa shape index (κ1) is 17.1. The van der Waals surface area contributed by atoms with E-state index < -0.39 is 14.3 Å². The van der Waals surface area contributed by atoms with Gasteiger partial charge >= 0.3 is 0 Å². The average molecular weight is 346 g/mol. The van der Waals surface area contributed by atoms with Gasteiger partial charge in [0.25, 0.3) is 0 Å². The lowest BCUT2D eigenvalue weighted by Gasteiger charge is -2.25. The van der Waals surface area contributed by atoms with E-state index in [0.717, 1.165) is 16.9 Å². The normalized spacial score (nSPS) is 20.3. The summed E-state index contributed by atoms with van der Waals surface area (Å²) in [4.78, 5) is 13.5. The quantitative estimate of drug-likeness (QED) is 0.768. The van der Waals surface area contributed by atoms with Crippen LogP contribution >= 0.6 is 10.7 Å². The van der Waals surface area contributed by atoms with Gasteiger partial charge in [-0.25, -0.2) is 8.42 Å². The van der Waals surface area contributed by atoms with Crippen molar-refractivity contribution in [2.45, 2.75) is 38.5 Å². The zero-order chi connectivity index (χ0) is 16.5. The topological polar surface area (TPSA) is 63.7 Å². The van der Waals surface area contributed by atoms with Crippen LogP contribution in [0.5, 0.6) is 5.75 Å². The van der Waals surface area contributed by atoms with E-state index >= 15 is 0 Å². The van der Waals surface area contributed by atoms with Crippen molar-refractivity contribution in [1.82, 2.24) is 4.90 Å². The van der Waals surface area contributed by atoms with Crippen molar-refractivity contribution < 1.29 is 17.9 Å². The molecule has 1 aromatic carbocycles. The van der Waals surface area contributed by atoms with Gasteiger partial charge in [0.15, 0.2) is 0 Å². The van der Waals surface area contributed by atoms with Crippen molar-refractivity contribution in [3.05, 3.63) is 29.3 Å². The number of ether oxygens (including phenoxy) is 1. The molecule has 2 rings (SSSR count). The molecular formula is C15H20ClNO4S. The van der Waals surface area contributed by atoms with Gasteiger partial charge in [0.05, 0.1) is 6.04 Å². The maximum atomic E-state index is 12.0. The first-order valence-electron chi connectivity index (χ1n) is 7.12. The van der Waals surface area contributed by atoms with Crippen LogP contribution in [0, 0.1) is 13.8 Å². The number of likely N-dealkylation sites (tertiary alicyclic amines) is 1. The van der Waals surface area contributed by atoms with E-state index in [9.17, 15) is 13.2 Å². The SMILES string of the molecule is Cc1cccc(C)c1OCC(C)N1CC(S(=O)(=O)Cl)CC1=O. The summed E-state index contributed by atoms with van der Waals surface area (Å²) in [5.74, 6) is 0.606. The molecule has 0 aliphatic carbocycles. The zero-order valence-corrected chi connectivity index (χ0v) is 14.4. The molecule has 1 aliphatic rings. The lowest BCUT2D eigenvalue weighted by atomic mass is 10.1. The summed E-state index contributed by atoms with van der Waals surface area (Å²) in [6, 6.07) is 5.67. The Hall–Kier alpha value is -1.27. The second-order valence-corrected chi connectivity index (χ2v) is 8.64. The third-order valence-electron chi connectivity index (χ3n) is 3.93. The molecule has 2 atom stereocenters. The third-order valence-corrected chi connectivity index (χ3v) is 5.80. The maximum absolute atomic E-state index is 12.0. The molecule has 1 saturated heterocycles. The number of carbonyl (C=O) groups is 1. The van der Waals surface area contributed by atoms with Crippen LogP contribution in [0.4, 0.5) is 0 Å². The van der Waals surface area contributed by atoms with E-state index in [1.54, 1.807) is 0 Å². The fourth-order valence-corrected chi connectivity index (χ4v) is 3.67. The molecule has 0 N–H and O–H groups in total. The van der Waals surface area contributed by atoms with Crippen LogP contribution in [0.2, 0.25) is 0 Å². The minimum atomic E-state index is -3.71. The van der Waals surface area contributed by atoms with Crippen LogP contribution in [-0.2, 0) is 13.8 Å². The number of aryl methyl sites for hydroxylation is 2. The van der Waals surface area contributed by atoms with Gasteiger partial charge in [-0.05, 0) is 31.9 Å². The Balaban J connectivity index is 2.01. The summed E-state index contributed by atoms with van der Waals surface area (Å²) in [5.41, 5.74) is 2.06. The summed E-state index contributed by atoms with van der Waals surface area (Å²) in [6.45, 7) is 6.21. The fraction of sp³-hybridized carbons (Fsp3) is 0.533. The highest BCUT2D eigenvalue weighted by molar-refractivity contribution is 8.14. The number of amides is 1. The molecule has 0 aromatic heterocycles. The number of carbonyl (C=O) groups excluding carboxylic acids is 1. The molecular weight excluding hydrogens is 326 g/mol. The van der Waals surface area contributed by atoms with Crippen molar-refractivity contribution >= 4 is 25.6 Å². The number of para-hydroxylation sites is 1. The van der Waals surface area contributed by atoms with Gasteiger partial charge < -0.3 is 9.64 Å². The summed E-state index contributed by atoms with van der Waals surface area (Å²) >= 11 is 0. The largest absolute Gasteiger partial charge is 0.491 e. The highest BCUT2D eigenvalue weighted by Gasteiger charge is 2.39. The molecule has 1 amide bonds. The molecule has 1 heterocycles. The van der Waals surface area contributed by atoms with Crippen LogP contribution in [0.25, 0.3) is 0 Å². The molecule has 122 valence electrons. The first-order chi connectivity index (χ1) is 10.2. The monoisotopic (exact) mass is 345 g/mol. The van der Waals surface area contributed by atoms with Gasteiger partial charge in [-0.3, -0.25) is 4.79 Å². The van der Waals surface area contributed by atoms with Gasteiger partial charge in [0, 0.05) is 23.6 Å². The Morgan fingerprint density at radius 3 is 2.45 bits per heavy atom. The van der Waals surface area contributed by atoms with Gasteiger partial charge in [-0.2, -0.15) is 0 Å². The Labute approximate surface area is 135 Å². The van der Waals surface area contributed by atoms with E-state index in [0.29, 0.717) is 6.61 Å². The molecule has 2 unspecified atom stereocenters. The van der Waals surface area contributed by atoms with Crippen molar-refractivity contribution in [3.8, 4) is 5.75 Å². The number of rotatable bonds is 5. The third kappa shape index (κ3) is 3.73. The lowest BCUT2D eigenvalue weighted by molar-refractivity contribution is -0.129. The second kappa shape index (κ2) is 6.46. The lowest BCUT2D eigenvalue weighted by Crippen LogP contribution is -2.39.